The topological polar surface area (TPSA) is 37.3 Å². The van der Waals surface area contributed by atoms with Gasteiger partial charge in [0.2, 0.25) is 0 Å². The van der Waals surface area contributed by atoms with Gasteiger partial charge < -0.3 is 6.53 Å². The summed E-state index contributed by atoms with van der Waals surface area (Å²) in [5, 5.41) is 7.10. The molecule has 0 aromatic heterocycles. The summed E-state index contributed by atoms with van der Waals surface area (Å²) in [6, 6.07) is 0. The third kappa shape index (κ3) is 6.36. The minimum atomic E-state index is -0.975. The molecule has 0 aromatic rings. The fourth-order valence-electron chi connectivity index (χ4n) is 0. The zero-order valence-corrected chi connectivity index (χ0v) is 5.07. The molecule has 2 nitrogen and oxygen atoms in total. The zero-order chi connectivity index (χ0) is 5.15. The number of carboxylic acid groups (broad SMARTS) is 1. The van der Waals surface area contributed by atoms with Gasteiger partial charge in [-0.2, -0.15) is 0 Å². The van der Waals surface area contributed by atoms with Crippen molar-refractivity contribution < 1.29 is 30.2 Å². The number of halogens is 1. The van der Waals surface area contributed by atoms with E-state index < -0.39 is 11.3 Å². The summed E-state index contributed by atoms with van der Waals surface area (Å²) in [6.45, 7) is 1.41. The van der Waals surface area contributed by atoms with E-state index in [0.29, 0.717) is 0 Å². The Kier molecular flexibility index (Phi) is 6.68. The molecule has 1 unspecified atom stereocenters. The number of hydrogen-bond donors (Lipinski definition) is 1. The Hall–Kier alpha value is 0.357. The molecule has 0 aliphatic heterocycles. The summed E-state index contributed by atoms with van der Waals surface area (Å²) in [5.41, 5.74) is 0. The molecule has 0 aliphatic rings. The van der Waals surface area contributed by atoms with E-state index in [4.69, 9.17) is 16.7 Å². The zero-order valence-electron chi connectivity index (χ0n) is 5.31. The largest absolute Gasteiger partial charge is 1.00 e. The van der Waals surface area contributed by atoms with Crippen molar-refractivity contribution in [1.82, 2.24) is 0 Å². The van der Waals surface area contributed by atoms with Gasteiger partial charge in [-0.05, 0) is 6.92 Å². The molecule has 0 radical (unpaired) electrons. The van der Waals surface area contributed by atoms with E-state index in [1.807, 2.05) is 0 Å². The van der Waals surface area contributed by atoms with Crippen molar-refractivity contribution in [2.24, 2.45) is 0 Å². The maximum Gasteiger partial charge on any atom is 1.00 e. The van der Waals surface area contributed by atoms with Crippen LogP contribution in [-0.2, 0) is 4.79 Å². The summed E-state index contributed by atoms with van der Waals surface area (Å²) in [5.74, 6) is -0.975. The first kappa shape index (κ1) is 10.4. The van der Waals surface area contributed by atoms with Crippen LogP contribution in [0.2, 0.25) is 0 Å². The third-order valence-corrected chi connectivity index (χ3v) is 0.527. The first-order chi connectivity index (χ1) is 2.64. The SMILES string of the molecule is CC(Cl)C(=O)O.[H-].[Li+]. The Morgan fingerprint density at radius 3 is 2.14 bits per heavy atom. The second kappa shape index (κ2) is 4.51. The Labute approximate surface area is 60.5 Å². The van der Waals surface area contributed by atoms with Crippen LogP contribution in [0.15, 0.2) is 0 Å². The van der Waals surface area contributed by atoms with E-state index in [0.717, 1.165) is 0 Å². The molecule has 0 heterocycles. The van der Waals surface area contributed by atoms with Crippen molar-refractivity contribution >= 4 is 17.6 Å². The van der Waals surface area contributed by atoms with Gasteiger partial charge in [0, 0.05) is 0 Å². The molecule has 0 saturated carbocycles. The van der Waals surface area contributed by atoms with E-state index in [1.165, 1.54) is 6.92 Å². The Morgan fingerprint density at radius 1 is 2.00 bits per heavy atom. The standard InChI is InChI=1S/C3H5ClO2.Li.H/c1-2(4)3(5)6;;/h2H,1H3,(H,5,6);;/q;+1;-1. The van der Waals surface area contributed by atoms with Crippen LogP contribution in [0.5, 0.6) is 0 Å². The Bertz CT molecular complexity index is 68.3. The third-order valence-electron chi connectivity index (χ3n) is 0.340. The molecule has 0 rings (SSSR count). The normalized spacial score (nSPS) is 11.7. The predicted molar refractivity (Wildman–Crippen MR) is 24.1 cm³/mol. The molecule has 1 N–H and O–H groups in total. The fourth-order valence-corrected chi connectivity index (χ4v) is 0. The maximum absolute atomic E-state index is 9.57. The summed E-state index contributed by atoms with van der Waals surface area (Å²) in [6.07, 6.45) is 0. The second-order valence-corrected chi connectivity index (χ2v) is 1.61. The average molecular weight is 116 g/mol. The number of rotatable bonds is 1. The van der Waals surface area contributed by atoms with E-state index in [-0.39, 0.29) is 20.3 Å². The monoisotopic (exact) mass is 116 g/mol. The van der Waals surface area contributed by atoms with E-state index in [2.05, 4.69) is 0 Å². The molecule has 0 fully saturated rings. The van der Waals surface area contributed by atoms with Gasteiger partial charge in [-0.15, -0.1) is 11.6 Å². The van der Waals surface area contributed by atoms with Crippen molar-refractivity contribution in [2.75, 3.05) is 0 Å². The van der Waals surface area contributed by atoms with Crippen LogP contribution in [-0.4, -0.2) is 16.5 Å². The van der Waals surface area contributed by atoms with Crippen molar-refractivity contribution in [1.29, 1.82) is 0 Å². The molecular weight excluding hydrogens is 110 g/mol. The number of alkyl halides is 1. The molecule has 0 aliphatic carbocycles. The molecule has 4 heteroatoms. The minimum absolute atomic E-state index is 0. The molecular formula is C3H6ClLiO2. The fraction of sp³-hybridized carbons (Fsp3) is 0.667. The molecule has 0 aromatic carbocycles. The second-order valence-electron chi connectivity index (χ2n) is 0.954. The van der Waals surface area contributed by atoms with Gasteiger partial charge in [-0.3, -0.25) is 4.79 Å². The van der Waals surface area contributed by atoms with Crippen molar-refractivity contribution in [3.8, 4) is 0 Å². The summed E-state index contributed by atoms with van der Waals surface area (Å²) < 4.78 is 0. The molecule has 0 amide bonds. The van der Waals surface area contributed by atoms with E-state index >= 15 is 0 Å². The van der Waals surface area contributed by atoms with Crippen LogP contribution in [0.4, 0.5) is 0 Å². The maximum atomic E-state index is 9.57. The Balaban J connectivity index is -0.000000125. The van der Waals surface area contributed by atoms with Crippen LogP contribution in [0.1, 0.15) is 8.35 Å². The smallest absolute Gasteiger partial charge is 1.00 e. The summed E-state index contributed by atoms with van der Waals surface area (Å²) >= 11 is 5.01. The van der Waals surface area contributed by atoms with Gasteiger partial charge in [-0.1, -0.05) is 0 Å². The number of carboxylic acids is 1. The van der Waals surface area contributed by atoms with Crippen LogP contribution < -0.4 is 18.9 Å². The van der Waals surface area contributed by atoms with Gasteiger partial charge in [0.05, 0.1) is 0 Å². The van der Waals surface area contributed by atoms with Crippen molar-refractivity contribution in [3.63, 3.8) is 0 Å². The number of aliphatic carboxylic acids is 1. The van der Waals surface area contributed by atoms with Crippen molar-refractivity contribution in [3.05, 3.63) is 0 Å². The van der Waals surface area contributed by atoms with Crippen LogP contribution in [0.25, 0.3) is 0 Å². The molecule has 0 spiro atoms. The summed E-state index contributed by atoms with van der Waals surface area (Å²) in [7, 11) is 0. The minimum Gasteiger partial charge on any atom is -1.00 e. The molecule has 0 bridgehead atoms. The van der Waals surface area contributed by atoms with Crippen LogP contribution >= 0.6 is 11.6 Å². The first-order valence-electron chi connectivity index (χ1n) is 1.51. The average Bonchev–Trinajstić information content (AvgIpc) is 1.36. The van der Waals surface area contributed by atoms with Gasteiger partial charge in [0.25, 0.3) is 0 Å². The van der Waals surface area contributed by atoms with Crippen LogP contribution in [0.3, 0.4) is 0 Å². The van der Waals surface area contributed by atoms with Crippen LogP contribution in [0, 0.1) is 0 Å². The number of carbonyl (C=O) groups is 1. The van der Waals surface area contributed by atoms with E-state index in [1.54, 1.807) is 0 Å². The molecule has 0 saturated heterocycles. The van der Waals surface area contributed by atoms with Crippen molar-refractivity contribution in [2.45, 2.75) is 12.3 Å². The first-order valence-corrected chi connectivity index (χ1v) is 1.95. The molecule has 7 heavy (non-hydrogen) atoms. The Morgan fingerprint density at radius 2 is 2.14 bits per heavy atom. The van der Waals surface area contributed by atoms with E-state index in [9.17, 15) is 4.79 Å². The predicted octanol–water partition coefficient (Wildman–Crippen LogP) is -2.19. The van der Waals surface area contributed by atoms with Gasteiger partial charge in [0.1, 0.15) is 5.38 Å². The summed E-state index contributed by atoms with van der Waals surface area (Å²) in [4.78, 5) is 9.57. The number of hydrogen-bond acceptors (Lipinski definition) is 1. The van der Waals surface area contributed by atoms with Gasteiger partial charge >= 0.3 is 24.8 Å². The van der Waals surface area contributed by atoms with Gasteiger partial charge in [0.15, 0.2) is 0 Å². The molecule has 1 atom stereocenters. The molecule has 38 valence electrons. The van der Waals surface area contributed by atoms with Gasteiger partial charge in [-0.25, -0.2) is 0 Å². The quantitative estimate of drug-likeness (QED) is 0.312.